The highest BCUT2D eigenvalue weighted by Gasteiger charge is 2.47. The molecular formula is C16H24N4O6. The first-order valence-electron chi connectivity index (χ1n) is 8.75. The molecule has 0 aromatic rings. The molecule has 0 spiro atoms. The number of rotatable bonds is 2. The first kappa shape index (κ1) is 18.6. The fourth-order valence-electron chi connectivity index (χ4n) is 4.01. The van der Waals surface area contributed by atoms with E-state index in [0.717, 1.165) is 0 Å². The minimum atomic E-state index is -1.02. The molecule has 2 heterocycles. The molecule has 2 aliphatic heterocycles. The lowest BCUT2D eigenvalue weighted by Crippen LogP contribution is -2.67. The van der Waals surface area contributed by atoms with Crippen LogP contribution in [0.5, 0.6) is 0 Å². The Balaban J connectivity index is 1.75. The van der Waals surface area contributed by atoms with Crippen molar-refractivity contribution in [1.82, 2.24) is 20.4 Å². The number of carbonyl (C=O) groups excluding carboxylic acids is 4. The maximum Gasteiger partial charge on any atom is 0.245 e. The molecule has 144 valence electrons. The van der Waals surface area contributed by atoms with Gasteiger partial charge in [0.2, 0.25) is 23.6 Å². The molecule has 26 heavy (non-hydrogen) atoms. The van der Waals surface area contributed by atoms with E-state index in [1.807, 2.05) is 0 Å². The van der Waals surface area contributed by atoms with Gasteiger partial charge in [-0.05, 0) is 26.7 Å². The summed E-state index contributed by atoms with van der Waals surface area (Å²) >= 11 is 0. The highest BCUT2D eigenvalue weighted by atomic mass is 16.3. The summed E-state index contributed by atoms with van der Waals surface area (Å²) in [6.45, 7) is 2.77. The van der Waals surface area contributed by atoms with Crippen molar-refractivity contribution in [3.05, 3.63) is 0 Å². The van der Waals surface area contributed by atoms with Crippen LogP contribution in [0.3, 0.4) is 0 Å². The lowest BCUT2D eigenvalue weighted by molar-refractivity contribution is -0.159. The Hall–Kier alpha value is -2.20. The zero-order valence-corrected chi connectivity index (χ0v) is 14.7. The first-order chi connectivity index (χ1) is 12.2. The highest BCUT2D eigenvalue weighted by molar-refractivity contribution is 5.95. The monoisotopic (exact) mass is 368 g/mol. The van der Waals surface area contributed by atoms with Gasteiger partial charge in [0.25, 0.3) is 0 Å². The fourth-order valence-corrected chi connectivity index (χ4v) is 4.01. The molecule has 6 atom stereocenters. The Labute approximate surface area is 150 Å². The molecular weight excluding hydrogens is 344 g/mol. The number of carbonyl (C=O) groups is 4. The van der Waals surface area contributed by atoms with Gasteiger partial charge in [0.15, 0.2) is 0 Å². The van der Waals surface area contributed by atoms with E-state index in [1.165, 1.54) is 9.80 Å². The van der Waals surface area contributed by atoms with Crippen LogP contribution in [0.4, 0.5) is 0 Å². The van der Waals surface area contributed by atoms with Crippen LogP contribution in [0, 0.1) is 0 Å². The van der Waals surface area contributed by atoms with E-state index >= 15 is 0 Å². The van der Waals surface area contributed by atoms with Crippen LogP contribution in [0.1, 0.15) is 26.7 Å². The number of nitrogens with zero attached hydrogens (tertiary/aromatic N) is 2. The first-order valence-corrected chi connectivity index (χ1v) is 8.75. The van der Waals surface area contributed by atoms with Crippen molar-refractivity contribution in [3.8, 4) is 0 Å². The summed E-state index contributed by atoms with van der Waals surface area (Å²) in [6, 6.07) is -2.81. The van der Waals surface area contributed by atoms with Crippen LogP contribution in [-0.2, 0) is 19.2 Å². The normalized spacial score (nSPS) is 38.9. The van der Waals surface area contributed by atoms with E-state index in [-0.39, 0.29) is 49.6 Å². The van der Waals surface area contributed by atoms with Gasteiger partial charge in [0.05, 0.1) is 24.3 Å². The number of nitrogens with one attached hydrogen (secondary N) is 2. The Morgan fingerprint density at radius 2 is 1.12 bits per heavy atom. The van der Waals surface area contributed by atoms with Crippen LogP contribution in [0.15, 0.2) is 0 Å². The zero-order valence-electron chi connectivity index (χ0n) is 14.7. The van der Waals surface area contributed by atoms with E-state index in [9.17, 15) is 29.4 Å². The third-order valence-electron chi connectivity index (χ3n) is 5.34. The summed E-state index contributed by atoms with van der Waals surface area (Å²) in [7, 11) is 0. The maximum absolute atomic E-state index is 12.3. The van der Waals surface area contributed by atoms with E-state index < -0.39 is 36.4 Å². The standard InChI is InChI=1S/C16H24N4O6/c1-7-15(25)19(5-13(23)17-7)9-3-12(22)10(4-11(9)21)20-6-14(24)18-8(2)16(20)26/h7-12,21-22H,3-6H2,1-2H3,(H,17,23)(H,18,24). The number of hydrogen-bond acceptors (Lipinski definition) is 6. The predicted octanol–water partition coefficient (Wildman–Crippen LogP) is -3.07. The molecule has 4 amide bonds. The minimum absolute atomic E-state index is 0.0252. The predicted molar refractivity (Wildman–Crippen MR) is 87.5 cm³/mol. The molecule has 2 saturated heterocycles. The number of hydrogen-bond donors (Lipinski definition) is 4. The van der Waals surface area contributed by atoms with Crippen LogP contribution in [0.2, 0.25) is 0 Å². The van der Waals surface area contributed by atoms with Gasteiger partial charge in [-0.15, -0.1) is 0 Å². The van der Waals surface area contributed by atoms with Crippen molar-refractivity contribution < 1.29 is 29.4 Å². The molecule has 0 bridgehead atoms. The van der Waals surface area contributed by atoms with Gasteiger partial charge in [0, 0.05) is 0 Å². The molecule has 0 aromatic carbocycles. The van der Waals surface area contributed by atoms with Crippen molar-refractivity contribution in [1.29, 1.82) is 0 Å². The number of aliphatic hydroxyl groups is 2. The Morgan fingerprint density at radius 1 is 0.769 bits per heavy atom. The number of amides is 4. The van der Waals surface area contributed by atoms with Gasteiger partial charge in [-0.25, -0.2) is 0 Å². The quantitative estimate of drug-likeness (QED) is 0.408. The average Bonchev–Trinajstić information content (AvgIpc) is 2.56. The van der Waals surface area contributed by atoms with Gasteiger partial charge in [-0.1, -0.05) is 0 Å². The molecule has 1 aliphatic carbocycles. The van der Waals surface area contributed by atoms with Crippen molar-refractivity contribution in [2.24, 2.45) is 0 Å². The van der Waals surface area contributed by atoms with Crippen LogP contribution in [0.25, 0.3) is 0 Å². The minimum Gasteiger partial charge on any atom is -0.391 e. The van der Waals surface area contributed by atoms with Gasteiger partial charge >= 0.3 is 0 Å². The summed E-state index contributed by atoms with van der Waals surface area (Å²) in [6.07, 6.45) is -1.98. The fraction of sp³-hybridized carbons (Fsp3) is 0.750. The van der Waals surface area contributed by atoms with Gasteiger partial charge in [0.1, 0.15) is 25.2 Å². The van der Waals surface area contributed by atoms with Crippen molar-refractivity contribution in [2.75, 3.05) is 13.1 Å². The van der Waals surface area contributed by atoms with E-state index in [2.05, 4.69) is 10.6 Å². The maximum atomic E-state index is 12.3. The third-order valence-corrected chi connectivity index (χ3v) is 5.34. The van der Waals surface area contributed by atoms with Crippen molar-refractivity contribution in [2.45, 2.75) is 63.1 Å². The molecule has 3 rings (SSSR count). The van der Waals surface area contributed by atoms with Crippen LogP contribution >= 0.6 is 0 Å². The van der Waals surface area contributed by atoms with Crippen molar-refractivity contribution in [3.63, 3.8) is 0 Å². The lowest BCUT2D eigenvalue weighted by Gasteiger charge is -2.48. The number of piperazine rings is 2. The summed E-state index contributed by atoms with van der Waals surface area (Å²) in [5.41, 5.74) is 0. The molecule has 0 aromatic heterocycles. The Kier molecular flexibility index (Phi) is 4.89. The smallest absolute Gasteiger partial charge is 0.245 e. The highest BCUT2D eigenvalue weighted by Crippen LogP contribution is 2.29. The summed E-state index contributed by atoms with van der Waals surface area (Å²) in [5, 5.41) is 26.2. The van der Waals surface area contributed by atoms with Gasteiger partial charge in [-0.3, -0.25) is 19.2 Å². The second kappa shape index (κ2) is 6.84. The Bertz CT molecular complexity index is 586. The largest absolute Gasteiger partial charge is 0.391 e. The van der Waals surface area contributed by atoms with E-state index in [1.54, 1.807) is 13.8 Å². The van der Waals surface area contributed by atoms with E-state index in [0.29, 0.717) is 0 Å². The summed E-state index contributed by atoms with van der Waals surface area (Å²) in [4.78, 5) is 50.8. The lowest BCUT2D eigenvalue weighted by atomic mass is 9.83. The second-order valence-electron chi connectivity index (χ2n) is 7.25. The van der Waals surface area contributed by atoms with Crippen LogP contribution in [-0.4, -0.2) is 93.1 Å². The molecule has 10 nitrogen and oxygen atoms in total. The average molecular weight is 368 g/mol. The number of aliphatic hydroxyl groups excluding tert-OH is 2. The third kappa shape index (κ3) is 3.26. The van der Waals surface area contributed by atoms with Crippen molar-refractivity contribution >= 4 is 23.6 Å². The molecule has 4 N–H and O–H groups in total. The molecule has 3 aliphatic rings. The topological polar surface area (TPSA) is 139 Å². The summed E-state index contributed by atoms with van der Waals surface area (Å²) in [5.74, 6) is -1.28. The van der Waals surface area contributed by atoms with Gasteiger partial charge in [-0.2, -0.15) is 0 Å². The molecule has 0 radical (unpaired) electrons. The molecule has 6 unspecified atom stereocenters. The van der Waals surface area contributed by atoms with E-state index in [4.69, 9.17) is 0 Å². The zero-order chi connectivity index (χ0) is 19.2. The summed E-state index contributed by atoms with van der Waals surface area (Å²) < 4.78 is 0. The SMILES string of the molecule is CC1NC(=O)CN(C2CC(O)C(N3CC(=O)NC(C)C3=O)CC2O)C1=O. The Morgan fingerprint density at radius 3 is 1.46 bits per heavy atom. The second-order valence-corrected chi connectivity index (χ2v) is 7.25. The van der Waals surface area contributed by atoms with Crippen LogP contribution < -0.4 is 10.6 Å². The molecule has 10 heteroatoms. The van der Waals surface area contributed by atoms with Gasteiger partial charge < -0.3 is 30.6 Å². The molecule has 3 fully saturated rings. The molecule has 1 saturated carbocycles.